The topological polar surface area (TPSA) is 77.1 Å². The molecule has 0 unspecified atom stereocenters. The van der Waals surface area contributed by atoms with Gasteiger partial charge in [-0.05, 0) is 44.2 Å². The zero-order valence-corrected chi connectivity index (χ0v) is 18.7. The first-order valence-corrected chi connectivity index (χ1v) is 10.7. The summed E-state index contributed by atoms with van der Waals surface area (Å²) in [4.78, 5) is 24.4. The minimum atomic E-state index is -0.185. The molecule has 0 saturated heterocycles. The van der Waals surface area contributed by atoms with Crippen LogP contribution in [0.1, 0.15) is 27.6 Å². The molecule has 0 radical (unpaired) electrons. The molecule has 0 bridgehead atoms. The molecule has 3 heterocycles. The Kier molecular flexibility index (Phi) is 5.22. The summed E-state index contributed by atoms with van der Waals surface area (Å²) in [6.07, 6.45) is 1.74. The van der Waals surface area contributed by atoms with Crippen molar-refractivity contribution in [1.29, 1.82) is 0 Å². The summed E-state index contributed by atoms with van der Waals surface area (Å²) in [6.45, 7) is 4.10. The number of carbonyl (C=O) groups excluding carboxylic acids is 1. The molecule has 0 aliphatic rings. The molecule has 33 heavy (non-hydrogen) atoms. The molecule has 1 amide bonds. The fourth-order valence-corrected chi connectivity index (χ4v) is 3.84. The zero-order chi connectivity index (χ0) is 22.9. The van der Waals surface area contributed by atoms with Gasteiger partial charge in [-0.1, -0.05) is 36.4 Å². The molecule has 7 nitrogen and oxygen atoms in total. The number of amides is 1. The van der Waals surface area contributed by atoms with Gasteiger partial charge in [-0.3, -0.25) is 4.79 Å². The molecule has 5 rings (SSSR count). The minimum absolute atomic E-state index is 0.185. The molecule has 0 saturated carbocycles. The molecule has 2 aromatic carbocycles. The van der Waals surface area contributed by atoms with E-state index in [4.69, 9.17) is 4.42 Å². The van der Waals surface area contributed by atoms with Gasteiger partial charge in [0.15, 0.2) is 5.76 Å². The Morgan fingerprint density at radius 1 is 0.970 bits per heavy atom. The Hall–Kier alpha value is -4.26. The number of carbonyl (C=O) groups is 1. The Bertz CT molecular complexity index is 1450. The molecule has 0 fully saturated rings. The number of fused-ring (bicyclic) bond motifs is 1. The third-order valence-corrected chi connectivity index (χ3v) is 5.50. The van der Waals surface area contributed by atoms with Crippen molar-refractivity contribution < 1.29 is 9.21 Å². The van der Waals surface area contributed by atoms with Gasteiger partial charge in [0.25, 0.3) is 5.91 Å². The third-order valence-electron chi connectivity index (χ3n) is 5.50. The number of rotatable bonds is 5. The molecule has 0 N–H and O–H groups in total. The number of hydrogen-bond donors (Lipinski definition) is 0. The van der Waals surface area contributed by atoms with Crippen LogP contribution in [0.5, 0.6) is 0 Å². The summed E-state index contributed by atoms with van der Waals surface area (Å²) >= 11 is 0. The summed E-state index contributed by atoms with van der Waals surface area (Å²) in [5.74, 6) is 1.71. The number of aromatic nitrogens is 4. The second kappa shape index (κ2) is 8.35. The first kappa shape index (κ1) is 20.6. The van der Waals surface area contributed by atoms with Crippen LogP contribution in [0.25, 0.3) is 28.0 Å². The van der Waals surface area contributed by atoms with Crippen molar-refractivity contribution in [2.75, 3.05) is 7.05 Å². The van der Waals surface area contributed by atoms with E-state index in [-0.39, 0.29) is 12.5 Å². The lowest BCUT2D eigenvalue weighted by molar-refractivity contribution is 0.0782. The van der Waals surface area contributed by atoms with E-state index in [9.17, 15) is 4.79 Å². The Morgan fingerprint density at radius 2 is 1.73 bits per heavy atom. The molecule has 3 aromatic heterocycles. The Balaban J connectivity index is 1.50. The number of benzene rings is 2. The van der Waals surface area contributed by atoms with Gasteiger partial charge in [-0.15, -0.1) is 0 Å². The number of para-hydroxylation sites is 2. The molecule has 0 atom stereocenters. The molecule has 164 valence electrons. The first-order valence-electron chi connectivity index (χ1n) is 10.7. The van der Waals surface area contributed by atoms with Crippen molar-refractivity contribution in [3.63, 3.8) is 0 Å². The van der Waals surface area contributed by atoms with Crippen LogP contribution in [-0.2, 0) is 6.54 Å². The van der Waals surface area contributed by atoms with Crippen LogP contribution in [0.15, 0.2) is 77.3 Å². The van der Waals surface area contributed by atoms with Crippen molar-refractivity contribution in [2.24, 2.45) is 0 Å². The van der Waals surface area contributed by atoms with Crippen LogP contribution < -0.4 is 0 Å². The molecule has 0 spiro atoms. The highest BCUT2D eigenvalue weighted by Crippen LogP contribution is 2.27. The van der Waals surface area contributed by atoms with E-state index in [1.807, 2.05) is 80.6 Å². The molecule has 0 aliphatic heterocycles. The number of aryl methyl sites for hydroxylation is 2. The minimum Gasteiger partial charge on any atom is -0.460 e. The Morgan fingerprint density at radius 3 is 2.48 bits per heavy atom. The lowest BCUT2D eigenvalue weighted by Crippen LogP contribution is -2.27. The zero-order valence-electron chi connectivity index (χ0n) is 18.7. The van der Waals surface area contributed by atoms with Gasteiger partial charge >= 0.3 is 0 Å². The van der Waals surface area contributed by atoms with Gasteiger partial charge in [0, 0.05) is 24.3 Å². The van der Waals surface area contributed by atoms with E-state index in [1.54, 1.807) is 22.8 Å². The van der Waals surface area contributed by atoms with Crippen molar-refractivity contribution >= 4 is 16.8 Å². The summed E-state index contributed by atoms with van der Waals surface area (Å²) < 4.78 is 7.50. The fourth-order valence-electron chi connectivity index (χ4n) is 3.84. The maximum atomic E-state index is 13.5. The number of nitrogens with zero attached hydrogens (tertiary/aromatic N) is 5. The first-order chi connectivity index (χ1) is 16.0. The van der Waals surface area contributed by atoms with Crippen molar-refractivity contribution in [3.8, 4) is 17.1 Å². The van der Waals surface area contributed by atoms with Crippen LogP contribution >= 0.6 is 0 Å². The second-order valence-electron chi connectivity index (χ2n) is 7.99. The molecule has 0 aliphatic carbocycles. The van der Waals surface area contributed by atoms with Gasteiger partial charge in [-0.2, -0.15) is 5.10 Å². The average Bonchev–Trinajstić information content (AvgIpc) is 3.45. The summed E-state index contributed by atoms with van der Waals surface area (Å²) in [5, 5.41) is 5.68. The van der Waals surface area contributed by atoms with E-state index < -0.39 is 0 Å². The van der Waals surface area contributed by atoms with Crippen LogP contribution in [0.2, 0.25) is 0 Å². The van der Waals surface area contributed by atoms with Gasteiger partial charge in [0.2, 0.25) is 0 Å². The van der Waals surface area contributed by atoms with Crippen LogP contribution in [0.3, 0.4) is 0 Å². The highest BCUT2D eigenvalue weighted by Gasteiger charge is 2.24. The maximum Gasteiger partial charge on any atom is 0.257 e. The quantitative estimate of drug-likeness (QED) is 0.388. The molecular formula is C26H23N5O2. The lowest BCUT2D eigenvalue weighted by atomic mass is 10.2. The van der Waals surface area contributed by atoms with E-state index in [0.717, 1.165) is 28.0 Å². The monoisotopic (exact) mass is 437 g/mol. The predicted octanol–water partition coefficient (Wildman–Crippen LogP) is 4.96. The second-order valence-corrected chi connectivity index (χ2v) is 7.99. The van der Waals surface area contributed by atoms with Gasteiger partial charge in [-0.25, -0.2) is 14.6 Å². The Labute approximate surface area is 191 Å². The van der Waals surface area contributed by atoms with Crippen LogP contribution in [0.4, 0.5) is 0 Å². The average molecular weight is 438 g/mol. The van der Waals surface area contributed by atoms with E-state index >= 15 is 0 Å². The largest absolute Gasteiger partial charge is 0.460 e. The van der Waals surface area contributed by atoms with E-state index in [0.29, 0.717) is 22.8 Å². The molecule has 7 heteroatoms. The third kappa shape index (κ3) is 4.01. The number of furan rings is 1. The highest BCUT2D eigenvalue weighted by molar-refractivity contribution is 5.99. The standard InChI is InChI=1S/C26H23N5O2/c1-17-13-14-23(33-17)25-21(15-31(29-25)19-9-5-4-6-10-19)26(32)30(3)16-24-27-18(2)20-11-7-8-12-22(20)28-24/h4-15H,16H2,1-3H3. The fraction of sp³-hybridized carbons (Fsp3) is 0.154. The van der Waals surface area contributed by atoms with Crippen LogP contribution in [-0.4, -0.2) is 37.6 Å². The molecule has 5 aromatic rings. The van der Waals surface area contributed by atoms with Gasteiger partial charge in [0.05, 0.1) is 23.3 Å². The SMILES string of the molecule is Cc1ccc(-c2nn(-c3ccccc3)cc2C(=O)N(C)Cc2nc(C)c3ccccc3n2)o1. The van der Waals surface area contributed by atoms with Crippen LogP contribution in [0, 0.1) is 13.8 Å². The number of hydrogen-bond acceptors (Lipinski definition) is 5. The normalized spacial score (nSPS) is 11.1. The smallest absolute Gasteiger partial charge is 0.257 e. The summed E-state index contributed by atoms with van der Waals surface area (Å²) in [7, 11) is 1.74. The van der Waals surface area contributed by atoms with Crippen molar-refractivity contribution in [3.05, 3.63) is 95.8 Å². The van der Waals surface area contributed by atoms with Gasteiger partial charge < -0.3 is 9.32 Å². The van der Waals surface area contributed by atoms with Crippen molar-refractivity contribution in [2.45, 2.75) is 20.4 Å². The maximum absolute atomic E-state index is 13.5. The predicted molar refractivity (Wildman–Crippen MR) is 126 cm³/mol. The van der Waals surface area contributed by atoms with E-state index in [1.165, 1.54) is 0 Å². The molecular weight excluding hydrogens is 414 g/mol. The highest BCUT2D eigenvalue weighted by atomic mass is 16.3. The van der Waals surface area contributed by atoms with E-state index in [2.05, 4.69) is 15.1 Å². The lowest BCUT2D eigenvalue weighted by Gasteiger charge is -2.16. The van der Waals surface area contributed by atoms with Gasteiger partial charge in [0.1, 0.15) is 17.3 Å². The van der Waals surface area contributed by atoms with Crippen molar-refractivity contribution in [1.82, 2.24) is 24.6 Å². The summed E-state index contributed by atoms with van der Waals surface area (Å²) in [5.41, 5.74) is 3.56. The summed E-state index contributed by atoms with van der Waals surface area (Å²) in [6, 6.07) is 21.2.